The van der Waals surface area contributed by atoms with Crippen molar-refractivity contribution >= 4 is 18.2 Å². The fourth-order valence-corrected chi connectivity index (χ4v) is 1.46. The lowest BCUT2D eigenvalue weighted by Crippen LogP contribution is -2.49. The molecular weight excluding hydrogens is 246 g/mol. The first kappa shape index (κ1) is 14.5. The van der Waals surface area contributed by atoms with Gasteiger partial charge in [0, 0.05) is 0 Å². The highest BCUT2D eigenvalue weighted by molar-refractivity contribution is 6.00. The van der Waals surface area contributed by atoms with Crippen LogP contribution in [0.1, 0.15) is 6.42 Å². The minimum Gasteiger partial charge on any atom is -0.394 e. The molecule has 1 rings (SSSR count). The summed E-state index contributed by atoms with van der Waals surface area (Å²) in [5, 5.41) is 39.1. The molecule has 1 fully saturated rings. The molecule has 0 unspecified atom stereocenters. The van der Waals surface area contributed by atoms with E-state index in [0.717, 1.165) is 0 Å². The zero-order valence-electron chi connectivity index (χ0n) is 9.37. The molecule has 2 amide bonds. The Bertz CT molecular complexity index is 336. The number of amidine groups is 1. The van der Waals surface area contributed by atoms with Gasteiger partial charge in [-0.05, 0) is 0 Å². The minimum atomic E-state index is -1.38. The average Bonchev–Trinajstić information content (AvgIpc) is 2.57. The van der Waals surface area contributed by atoms with E-state index in [-0.39, 0.29) is 12.3 Å². The molecule has 0 saturated carbocycles. The molecule has 18 heavy (non-hydrogen) atoms. The number of carbonyl (C=O) groups excluding carboxylic acids is 2. The number of nitrogens with one attached hydrogen (secondary N) is 3. The predicted molar refractivity (Wildman–Crippen MR) is 57.8 cm³/mol. The zero-order valence-corrected chi connectivity index (χ0v) is 9.37. The zero-order chi connectivity index (χ0) is 13.7. The first-order chi connectivity index (χ1) is 8.49. The van der Waals surface area contributed by atoms with Crippen molar-refractivity contribution in [2.75, 3.05) is 6.61 Å². The predicted octanol–water partition coefficient (Wildman–Crippen LogP) is -2.71. The second kappa shape index (κ2) is 6.40. The number of urea groups is 1. The van der Waals surface area contributed by atoms with Crippen molar-refractivity contribution in [3.8, 4) is 0 Å². The second-order valence-electron chi connectivity index (χ2n) is 3.71. The van der Waals surface area contributed by atoms with E-state index in [1.807, 2.05) is 5.32 Å². The molecule has 6 N–H and O–H groups in total. The second-order valence-corrected chi connectivity index (χ2v) is 3.71. The average molecular weight is 261 g/mol. The number of hydrogen-bond acceptors (Lipinski definition) is 7. The number of amides is 2. The lowest BCUT2D eigenvalue weighted by Gasteiger charge is -2.16. The summed E-state index contributed by atoms with van der Waals surface area (Å²) in [6.07, 6.45) is -4.66. The van der Waals surface area contributed by atoms with E-state index in [1.54, 1.807) is 0 Å². The van der Waals surface area contributed by atoms with Crippen LogP contribution in [-0.2, 0) is 9.53 Å². The van der Waals surface area contributed by atoms with Crippen molar-refractivity contribution in [2.24, 2.45) is 0 Å². The molecule has 0 bridgehead atoms. The number of aliphatic hydroxyl groups is 3. The number of rotatable bonds is 4. The highest BCUT2D eigenvalue weighted by Gasteiger charge is 2.43. The molecule has 1 aliphatic heterocycles. The molecule has 102 valence electrons. The Kier molecular flexibility index (Phi) is 5.16. The van der Waals surface area contributed by atoms with E-state index >= 15 is 0 Å². The number of aliphatic hydroxyl groups excluding tert-OH is 3. The summed E-state index contributed by atoms with van der Waals surface area (Å²) < 4.78 is 4.99. The Morgan fingerprint density at radius 1 is 1.39 bits per heavy atom. The van der Waals surface area contributed by atoms with Crippen LogP contribution >= 0.6 is 0 Å². The van der Waals surface area contributed by atoms with Crippen LogP contribution in [0.5, 0.6) is 0 Å². The van der Waals surface area contributed by atoms with Gasteiger partial charge in [-0.1, -0.05) is 0 Å². The molecule has 1 saturated heterocycles. The normalized spacial score (nSPS) is 30.8. The standard InChI is InChI=1S/C9H15N3O6/c10-5(1-2-13)11-9(17)12-8-7(16)6(15)4(3-14)18-8/h2,4,6-8,14-16H,1,3H2,(H3,10,11,12,17)/t4-,6-,7+,8-/m1/s1. The van der Waals surface area contributed by atoms with Crippen LogP contribution in [0.3, 0.4) is 0 Å². The fraction of sp³-hybridized carbons (Fsp3) is 0.667. The van der Waals surface area contributed by atoms with Gasteiger partial charge >= 0.3 is 6.03 Å². The summed E-state index contributed by atoms with van der Waals surface area (Å²) >= 11 is 0. The van der Waals surface area contributed by atoms with Crippen molar-refractivity contribution < 1.29 is 29.6 Å². The van der Waals surface area contributed by atoms with E-state index in [2.05, 4.69) is 5.32 Å². The molecule has 9 nitrogen and oxygen atoms in total. The third-order valence-corrected chi connectivity index (χ3v) is 2.37. The monoisotopic (exact) mass is 261 g/mol. The van der Waals surface area contributed by atoms with E-state index in [4.69, 9.17) is 15.3 Å². The molecule has 0 aromatic heterocycles. The number of carbonyl (C=O) groups is 2. The highest BCUT2D eigenvalue weighted by Crippen LogP contribution is 2.18. The van der Waals surface area contributed by atoms with Crippen LogP contribution in [-0.4, -0.2) is 64.6 Å². The maximum atomic E-state index is 11.3. The molecule has 0 radical (unpaired) electrons. The minimum absolute atomic E-state index is 0.247. The van der Waals surface area contributed by atoms with Crippen molar-refractivity contribution in [3.05, 3.63) is 0 Å². The SMILES string of the molecule is N=C(CC=O)NC(=O)N[C@@H]1O[C@H](CO)[C@@H](O)[C@@H]1O. The van der Waals surface area contributed by atoms with E-state index in [0.29, 0.717) is 6.29 Å². The topological polar surface area (TPSA) is 152 Å². The van der Waals surface area contributed by atoms with Crippen LogP contribution in [0.15, 0.2) is 0 Å². The van der Waals surface area contributed by atoms with Crippen LogP contribution in [0.25, 0.3) is 0 Å². The van der Waals surface area contributed by atoms with Crippen molar-refractivity contribution in [1.29, 1.82) is 5.41 Å². The lowest BCUT2D eigenvalue weighted by atomic mass is 10.1. The van der Waals surface area contributed by atoms with Crippen LogP contribution in [0, 0.1) is 5.41 Å². The smallest absolute Gasteiger partial charge is 0.322 e. The quantitative estimate of drug-likeness (QED) is 0.184. The van der Waals surface area contributed by atoms with E-state index in [9.17, 15) is 19.8 Å². The van der Waals surface area contributed by atoms with Gasteiger partial charge in [0.25, 0.3) is 0 Å². The van der Waals surface area contributed by atoms with Crippen molar-refractivity contribution in [1.82, 2.24) is 10.6 Å². The summed E-state index contributed by atoms with van der Waals surface area (Å²) in [7, 11) is 0. The van der Waals surface area contributed by atoms with E-state index < -0.39 is 37.2 Å². The molecule has 4 atom stereocenters. The van der Waals surface area contributed by atoms with Gasteiger partial charge < -0.3 is 30.2 Å². The van der Waals surface area contributed by atoms with Crippen LogP contribution < -0.4 is 10.6 Å². The first-order valence-electron chi connectivity index (χ1n) is 5.20. The van der Waals surface area contributed by atoms with E-state index in [1.165, 1.54) is 0 Å². The Hall–Kier alpha value is -1.55. The Balaban J connectivity index is 2.45. The number of ether oxygens (including phenoxy) is 1. The number of aldehydes is 1. The van der Waals surface area contributed by atoms with Crippen LogP contribution in [0.4, 0.5) is 4.79 Å². The van der Waals surface area contributed by atoms with Crippen LogP contribution in [0.2, 0.25) is 0 Å². The van der Waals surface area contributed by atoms with Crippen molar-refractivity contribution in [2.45, 2.75) is 31.0 Å². The summed E-state index contributed by atoms with van der Waals surface area (Å²) in [5.41, 5.74) is 0. The van der Waals surface area contributed by atoms with Gasteiger partial charge in [0.2, 0.25) is 0 Å². The molecule has 0 aromatic carbocycles. The number of hydrogen-bond donors (Lipinski definition) is 6. The maximum Gasteiger partial charge on any atom is 0.322 e. The molecule has 0 aromatic rings. The molecule has 9 heteroatoms. The van der Waals surface area contributed by atoms with Gasteiger partial charge in [-0.25, -0.2) is 4.79 Å². The van der Waals surface area contributed by atoms with Crippen molar-refractivity contribution in [3.63, 3.8) is 0 Å². The molecular formula is C9H15N3O6. The fourth-order valence-electron chi connectivity index (χ4n) is 1.46. The van der Waals surface area contributed by atoms with Gasteiger partial charge in [-0.2, -0.15) is 0 Å². The first-order valence-corrected chi connectivity index (χ1v) is 5.20. The van der Waals surface area contributed by atoms with Gasteiger partial charge in [0.05, 0.1) is 13.0 Å². The Labute approximate surface area is 102 Å². The summed E-state index contributed by atoms with van der Waals surface area (Å²) in [5.74, 6) is -0.311. The summed E-state index contributed by atoms with van der Waals surface area (Å²) in [6.45, 7) is -0.501. The maximum absolute atomic E-state index is 11.3. The molecule has 1 aliphatic rings. The third-order valence-electron chi connectivity index (χ3n) is 2.37. The highest BCUT2D eigenvalue weighted by atomic mass is 16.6. The Morgan fingerprint density at radius 3 is 2.56 bits per heavy atom. The molecule has 1 heterocycles. The third kappa shape index (κ3) is 3.47. The molecule has 0 spiro atoms. The summed E-state index contributed by atoms with van der Waals surface area (Å²) in [6, 6.07) is -0.850. The summed E-state index contributed by atoms with van der Waals surface area (Å²) in [4.78, 5) is 21.4. The Morgan fingerprint density at radius 2 is 2.06 bits per heavy atom. The van der Waals surface area contributed by atoms with Gasteiger partial charge in [-0.3, -0.25) is 10.7 Å². The lowest BCUT2D eigenvalue weighted by molar-refractivity contribution is -0.106. The van der Waals surface area contributed by atoms with Gasteiger partial charge in [0.15, 0.2) is 6.23 Å². The van der Waals surface area contributed by atoms with Gasteiger partial charge in [0.1, 0.15) is 30.4 Å². The van der Waals surface area contributed by atoms with Gasteiger partial charge in [-0.15, -0.1) is 0 Å². The largest absolute Gasteiger partial charge is 0.394 e. The molecule has 0 aliphatic carbocycles.